The van der Waals surface area contributed by atoms with Gasteiger partial charge < -0.3 is 0 Å². The fraction of sp³-hybridized carbons (Fsp3) is 0.158. The Morgan fingerprint density at radius 3 is 2.54 bits per heavy atom. The Balaban J connectivity index is 1.65. The first-order chi connectivity index (χ1) is 13.7. The van der Waals surface area contributed by atoms with Crippen LogP contribution in [-0.4, -0.2) is 20.7 Å². The van der Waals surface area contributed by atoms with Crippen molar-refractivity contribution in [2.45, 2.75) is 19.9 Å². The summed E-state index contributed by atoms with van der Waals surface area (Å²) < 4.78 is 1.31. The Morgan fingerprint density at radius 1 is 1.11 bits per heavy atom. The van der Waals surface area contributed by atoms with Gasteiger partial charge in [0, 0.05) is 17.5 Å². The molecule has 0 aromatic carbocycles. The van der Waals surface area contributed by atoms with Gasteiger partial charge in [-0.1, -0.05) is 30.4 Å². The lowest BCUT2D eigenvalue weighted by atomic mass is 10.3. The quantitative estimate of drug-likeness (QED) is 0.478. The van der Waals surface area contributed by atoms with Crippen molar-refractivity contribution in [1.82, 2.24) is 14.8 Å². The molecule has 0 unspecified atom stereocenters. The van der Waals surface area contributed by atoms with E-state index in [4.69, 9.17) is 0 Å². The molecule has 28 heavy (non-hydrogen) atoms. The van der Waals surface area contributed by atoms with Crippen molar-refractivity contribution in [3.8, 4) is 20.3 Å². The molecule has 0 aliphatic heterocycles. The van der Waals surface area contributed by atoms with E-state index in [0.717, 1.165) is 26.7 Å². The molecule has 0 aliphatic rings. The Hall–Kier alpha value is -2.62. The van der Waals surface area contributed by atoms with Gasteiger partial charge in [0.2, 0.25) is 0 Å². The van der Waals surface area contributed by atoms with Gasteiger partial charge in [0.05, 0.1) is 9.75 Å². The Morgan fingerprint density at radius 2 is 1.86 bits per heavy atom. The van der Waals surface area contributed by atoms with E-state index in [1.165, 1.54) is 28.2 Å². The van der Waals surface area contributed by atoms with E-state index < -0.39 is 0 Å². The van der Waals surface area contributed by atoms with Crippen LogP contribution in [0.4, 0.5) is 5.13 Å². The van der Waals surface area contributed by atoms with Gasteiger partial charge in [-0.25, -0.2) is 9.67 Å². The van der Waals surface area contributed by atoms with Crippen molar-refractivity contribution in [3.05, 3.63) is 63.2 Å². The Bertz CT molecular complexity index is 1090. The number of nitrogens with zero attached hydrogens (tertiary/aromatic N) is 3. The zero-order valence-corrected chi connectivity index (χ0v) is 17.4. The first-order valence-electron chi connectivity index (χ1n) is 8.64. The lowest BCUT2D eigenvalue weighted by Crippen LogP contribution is -2.26. The minimum absolute atomic E-state index is 0.193. The van der Waals surface area contributed by atoms with Crippen LogP contribution < -0.4 is 10.9 Å². The highest BCUT2D eigenvalue weighted by atomic mass is 32.1. The van der Waals surface area contributed by atoms with E-state index in [1.807, 2.05) is 41.9 Å². The maximum Gasteiger partial charge on any atom is 0.277 e. The summed E-state index contributed by atoms with van der Waals surface area (Å²) in [6.07, 6.45) is 0.763. The number of aryl methyl sites for hydroxylation is 1. The second-order valence-electron chi connectivity index (χ2n) is 5.89. The van der Waals surface area contributed by atoms with Crippen molar-refractivity contribution < 1.29 is 4.79 Å². The van der Waals surface area contributed by atoms with Crippen molar-refractivity contribution in [2.75, 3.05) is 5.32 Å². The molecule has 4 heterocycles. The SMILES string of the molecule is CCCn1nc(C(=O)Nc2nc(-c3cccs3)c(-c3cccs3)s2)ccc1=O. The second kappa shape index (κ2) is 8.17. The van der Waals surface area contributed by atoms with Crippen molar-refractivity contribution in [3.63, 3.8) is 0 Å². The zero-order valence-electron chi connectivity index (χ0n) is 14.9. The smallest absolute Gasteiger partial charge is 0.277 e. The summed E-state index contributed by atoms with van der Waals surface area (Å²) in [5.41, 5.74) is 0.841. The van der Waals surface area contributed by atoms with E-state index in [-0.39, 0.29) is 17.2 Å². The molecule has 0 aliphatic carbocycles. The van der Waals surface area contributed by atoms with Crippen LogP contribution in [0.15, 0.2) is 52.0 Å². The van der Waals surface area contributed by atoms with Crippen LogP contribution in [0.25, 0.3) is 20.3 Å². The third-order valence-electron chi connectivity index (χ3n) is 3.88. The molecule has 0 radical (unpaired) electrons. The molecule has 0 bridgehead atoms. The maximum absolute atomic E-state index is 12.7. The predicted molar refractivity (Wildman–Crippen MR) is 115 cm³/mol. The standard InChI is InChI=1S/C19H16N4O2S3/c1-2-9-23-15(24)8-7-12(22-23)18(25)21-19-20-16(13-5-3-10-26-13)17(28-19)14-6-4-11-27-14/h3-8,10-11H,2,9H2,1H3,(H,20,21,25). The molecule has 0 saturated carbocycles. The van der Waals surface area contributed by atoms with E-state index in [2.05, 4.69) is 15.4 Å². The predicted octanol–water partition coefficient (Wildman–Crippen LogP) is 4.82. The van der Waals surface area contributed by atoms with Crippen LogP contribution in [0.3, 0.4) is 0 Å². The van der Waals surface area contributed by atoms with Gasteiger partial charge in [-0.2, -0.15) is 5.10 Å². The highest BCUT2D eigenvalue weighted by Gasteiger charge is 2.19. The summed E-state index contributed by atoms with van der Waals surface area (Å²) in [7, 11) is 0. The van der Waals surface area contributed by atoms with Gasteiger partial charge in [-0.3, -0.25) is 14.9 Å². The number of aromatic nitrogens is 3. The highest BCUT2D eigenvalue weighted by molar-refractivity contribution is 7.24. The van der Waals surface area contributed by atoms with Crippen LogP contribution in [0, 0.1) is 0 Å². The second-order valence-corrected chi connectivity index (χ2v) is 8.78. The first kappa shape index (κ1) is 18.7. The highest BCUT2D eigenvalue weighted by Crippen LogP contribution is 2.42. The summed E-state index contributed by atoms with van der Waals surface area (Å²) in [6, 6.07) is 10.9. The lowest BCUT2D eigenvalue weighted by Gasteiger charge is -2.05. The maximum atomic E-state index is 12.7. The van der Waals surface area contributed by atoms with Crippen LogP contribution in [-0.2, 0) is 6.54 Å². The summed E-state index contributed by atoms with van der Waals surface area (Å²) in [4.78, 5) is 32.3. The van der Waals surface area contributed by atoms with Gasteiger partial charge in [-0.15, -0.1) is 22.7 Å². The monoisotopic (exact) mass is 428 g/mol. The summed E-state index contributed by atoms with van der Waals surface area (Å²) in [6.45, 7) is 2.43. The molecule has 0 atom stereocenters. The molecule has 0 saturated heterocycles. The van der Waals surface area contributed by atoms with Crippen molar-refractivity contribution in [2.24, 2.45) is 0 Å². The topological polar surface area (TPSA) is 76.9 Å². The normalized spacial score (nSPS) is 10.9. The molecule has 1 N–H and O–H groups in total. The van der Waals surface area contributed by atoms with Crippen molar-refractivity contribution in [1.29, 1.82) is 0 Å². The average molecular weight is 429 g/mol. The third kappa shape index (κ3) is 3.82. The number of anilines is 1. The Labute approximate surface area is 173 Å². The van der Waals surface area contributed by atoms with Gasteiger partial charge in [0.25, 0.3) is 11.5 Å². The van der Waals surface area contributed by atoms with Gasteiger partial charge in [-0.05, 0) is 35.4 Å². The fourth-order valence-corrected chi connectivity index (χ4v) is 5.25. The molecular weight excluding hydrogens is 412 g/mol. The number of thiazole rings is 1. The van der Waals surface area contributed by atoms with Crippen LogP contribution in [0.5, 0.6) is 0 Å². The van der Waals surface area contributed by atoms with E-state index in [0.29, 0.717) is 11.7 Å². The van der Waals surface area contributed by atoms with E-state index >= 15 is 0 Å². The van der Waals surface area contributed by atoms with Crippen LogP contribution in [0.2, 0.25) is 0 Å². The number of carbonyl (C=O) groups excluding carboxylic acids is 1. The molecule has 142 valence electrons. The lowest BCUT2D eigenvalue weighted by molar-refractivity contribution is 0.101. The largest absolute Gasteiger partial charge is 0.296 e. The number of hydrogen-bond donors (Lipinski definition) is 1. The van der Waals surface area contributed by atoms with Crippen molar-refractivity contribution >= 4 is 45.0 Å². The molecular formula is C19H16N4O2S3. The molecule has 4 rings (SSSR count). The molecule has 6 nitrogen and oxygen atoms in total. The Kier molecular flexibility index (Phi) is 5.47. The van der Waals surface area contributed by atoms with Gasteiger partial charge >= 0.3 is 0 Å². The molecule has 4 aromatic heterocycles. The summed E-state index contributed by atoms with van der Waals surface area (Å²) in [5, 5.41) is 11.5. The van der Waals surface area contributed by atoms with E-state index in [1.54, 1.807) is 22.7 Å². The molecule has 0 fully saturated rings. The molecule has 4 aromatic rings. The number of amides is 1. The number of rotatable bonds is 6. The van der Waals surface area contributed by atoms with Crippen LogP contribution in [0.1, 0.15) is 23.8 Å². The minimum Gasteiger partial charge on any atom is -0.296 e. The summed E-state index contributed by atoms with van der Waals surface area (Å²) >= 11 is 4.68. The molecule has 9 heteroatoms. The van der Waals surface area contributed by atoms with Gasteiger partial charge in [0.1, 0.15) is 11.4 Å². The molecule has 0 spiro atoms. The average Bonchev–Trinajstić information content (AvgIpc) is 3.44. The third-order valence-corrected chi connectivity index (χ3v) is 6.78. The minimum atomic E-state index is -0.380. The number of hydrogen-bond acceptors (Lipinski definition) is 7. The molecule has 1 amide bonds. The van der Waals surface area contributed by atoms with Gasteiger partial charge in [0.15, 0.2) is 5.13 Å². The van der Waals surface area contributed by atoms with E-state index in [9.17, 15) is 9.59 Å². The first-order valence-corrected chi connectivity index (χ1v) is 11.2. The fourth-order valence-electron chi connectivity index (χ4n) is 2.63. The number of thiophene rings is 2. The summed E-state index contributed by atoms with van der Waals surface area (Å²) in [5.74, 6) is -0.380. The zero-order chi connectivity index (χ0) is 19.5. The number of carbonyl (C=O) groups is 1. The van der Waals surface area contributed by atoms with Crippen LogP contribution >= 0.6 is 34.0 Å². The number of nitrogens with one attached hydrogen (secondary N) is 1.